The van der Waals surface area contributed by atoms with Crippen LogP contribution in [0.5, 0.6) is 5.75 Å². The summed E-state index contributed by atoms with van der Waals surface area (Å²) in [6.07, 6.45) is 5.92. The van der Waals surface area contributed by atoms with Crippen molar-refractivity contribution in [3.63, 3.8) is 0 Å². The van der Waals surface area contributed by atoms with Gasteiger partial charge in [0, 0.05) is 26.0 Å². The molecule has 2 atom stereocenters. The number of likely N-dealkylation sites (tertiary alicyclic amines) is 1. The van der Waals surface area contributed by atoms with E-state index in [-0.39, 0.29) is 18.1 Å². The molecule has 116 valence electrons. The lowest BCUT2D eigenvalue weighted by Gasteiger charge is -2.24. The van der Waals surface area contributed by atoms with Gasteiger partial charge in [-0.2, -0.15) is 0 Å². The number of hydrogen-bond donors (Lipinski definition) is 1. The maximum absolute atomic E-state index is 12.6. The predicted octanol–water partition coefficient (Wildman–Crippen LogP) is 1.72. The SMILES string of the molecule is CO[C@@H]1C[C@@H](COc2cccnc2)N(C(=O)c2ccc[nH]2)C1. The van der Waals surface area contributed by atoms with Crippen molar-refractivity contribution in [1.29, 1.82) is 0 Å². The number of amides is 1. The Kier molecular flexibility index (Phi) is 4.39. The van der Waals surface area contributed by atoms with E-state index in [1.54, 1.807) is 31.8 Å². The Labute approximate surface area is 129 Å². The third-order valence-corrected chi connectivity index (χ3v) is 3.88. The third-order valence-electron chi connectivity index (χ3n) is 3.88. The molecule has 6 heteroatoms. The van der Waals surface area contributed by atoms with Gasteiger partial charge in [-0.05, 0) is 30.7 Å². The standard InChI is InChI=1S/C16H19N3O3/c1-21-14-8-12(11-22-13-4-2-6-17-9-13)19(10-14)16(20)15-5-3-7-18-15/h2-7,9,12,14,18H,8,10-11H2,1H3/t12-,14+/m0/s1. The minimum Gasteiger partial charge on any atom is -0.490 e. The van der Waals surface area contributed by atoms with Gasteiger partial charge in [-0.3, -0.25) is 9.78 Å². The summed E-state index contributed by atoms with van der Waals surface area (Å²) in [7, 11) is 1.67. The first-order chi connectivity index (χ1) is 10.8. The number of carbonyl (C=O) groups is 1. The van der Waals surface area contributed by atoms with Crippen molar-refractivity contribution in [2.24, 2.45) is 0 Å². The molecule has 6 nitrogen and oxygen atoms in total. The van der Waals surface area contributed by atoms with Crippen LogP contribution < -0.4 is 4.74 Å². The quantitative estimate of drug-likeness (QED) is 0.913. The van der Waals surface area contributed by atoms with E-state index < -0.39 is 0 Å². The van der Waals surface area contributed by atoms with Gasteiger partial charge in [-0.15, -0.1) is 0 Å². The summed E-state index contributed by atoms with van der Waals surface area (Å²) in [5.41, 5.74) is 0.586. The minimum absolute atomic E-state index is 0.0130. The molecule has 0 spiro atoms. The van der Waals surface area contributed by atoms with E-state index >= 15 is 0 Å². The smallest absolute Gasteiger partial charge is 0.270 e. The highest BCUT2D eigenvalue weighted by molar-refractivity contribution is 5.92. The number of aromatic amines is 1. The van der Waals surface area contributed by atoms with Crippen molar-refractivity contribution in [3.05, 3.63) is 48.5 Å². The summed E-state index contributed by atoms with van der Waals surface area (Å²) in [5.74, 6) is 0.681. The number of nitrogens with one attached hydrogen (secondary N) is 1. The normalized spacial score (nSPS) is 21.0. The number of aromatic nitrogens is 2. The lowest BCUT2D eigenvalue weighted by molar-refractivity contribution is 0.0653. The fourth-order valence-corrected chi connectivity index (χ4v) is 2.69. The van der Waals surface area contributed by atoms with Crippen LogP contribution >= 0.6 is 0 Å². The maximum atomic E-state index is 12.6. The molecule has 0 bridgehead atoms. The van der Waals surface area contributed by atoms with Gasteiger partial charge in [-0.1, -0.05) is 0 Å². The minimum atomic E-state index is -0.0238. The number of carbonyl (C=O) groups excluding carboxylic acids is 1. The third kappa shape index (κ3) is 3.12. The zero-order valence-electron chi connectivity index (χ0n) is 12.4. The average Bonchev–Trinajstić information content (AvgIpc) is 3.23. The first kappa shape index (κ1) is 14.6. The van der Waals surface area contributed by atoms with E-state index in [9.17, 15) is 4.79 Å². The molecule has 1 N–H and O–H groups in total. The van der Waals surface area contributed by atoms with Crippen LogP contribution in [0.4, 0.5) is 0 Å². The van der Waals surface area contributed by atoms with Crippen molar-refractivity contribution in [2.45, 2.75) is 18.6 Å². The Morgan fingerprint density at radius 1 is 1.45 bits per heavy atom. The van der Waals surface area contributed by atoms with Crippen molar-refractivity contribution in [3.8, 4) is 5.75 Å². The Bertz CT molecular complexity index is 600. The molecule has 0 aliphatic carbocycles. The lowest BCUT2D eigenvalue weighted by Crippen LogP contribution is -2.39. The van der Waals surface area contributed by atoms with Crippen LogP contribution in [0.15, 0.2) is 42.9 Å². The first-order valence-electron chi connectivity index (χ1n) is 7.28. The number of rotatable bonds is 5. The van der Waals surface area contributed by atoms with Gasteiger partial charge in [0.25, 0.3) is 5.91 Å². The largest absolute Gasteiger partial charge is 0.490 e. The molecule has 3 heterocycles. The van der Waals surface area contributed by atoms with Gasteiger partial charge in [0.05, 0.1) is 18.3 Å². The van der Waals surface area contributed by atoms with Crippen molar-refractivity contribution >= 4 is 5.91 Å². The van der Waals surface area contributed by atoms with Crippen molar-refractivity contribution < 1.29 is 14.3 Å². The Morgan fingerprint density at radius 2 is 2.36 bits per heavy atom. The molecule has 1 saturated heterocycles. The van der Waals surface area contributed by atoms with E-state index in [1.807, 2.05) is 23.1 Å². The van der Waals surface area contributed by atoms with Gasteiger partial charge in [0.1, 0.15) is 18.1 Å². The molecule has 22 heavy (non-hydrogen) atoms. The highest BCUT2D eigenvalue weighted by atomic mass is 16.5. The molecule has 3 rings (SSSR count). The van der Waals surface area contributed by atoms with E-state index in [0.717, 1.165) is 6.42 Å². The Morgan fingerprint density at radius 3 is 3.05 bits per heavy atom. The van der Waals surface area contributed by atoms with E-state index in [4.69, 9.17) is 9.47 Å². The van der Waals surface area contributed by atoms with Gasteiger partial charge >= 0.3 is 0 Å². The summed E-state index contributed by atoms with van der Waals surface area (Å²) in [4.78, 5) is 21.4. The van der Waals surface area contributed by atoms with Crippen LogP contribution in [-0.2, 0) is 4.74 Å². The molecule has 2 aromatic rings. The topological polar surface area (TPSA) is 67.5 Å². The van der Waals surface area contributed by atoms with Crippen LogP contribution in [-0.4, -0.2) is 53.2 Å². The van der Waals surface area contributed by atoms with Gasteiger partial charge in [-0.25, -0.2) is 0 Å². The molecule has 1 aliphatic heterocycles. The molecule has 1 aliphatic rings. The molecule has 0 aromatic carbocycles. The second-order valence-electron chi connectivity index (χ2n) is 5.29. The Hall–Kier alpha value is -2.34. The van der Waals surface area contributed by atoms with E-state index in [0.29, 0.717) is 24.6 Å². The molecule has 0 radical (unpaired) electrons. The van der Waals surface area contributed by atoms with Gasteiger partial charge in [0.2, 0.25) is 0 Å². The molecule has 0 saturated carbocycles. The highest BCUT2D eigenvalue weighted by Crippen LogP contribution is 2.23. The fourth-order valence-electron chi connectivity index (χ4n) is 2.69. The second kappa shape index (κ2) is 6.62. The zero-order chi connectivity index (χ0) is 15.4. The number of nitrogens with zero attached hydrogens (tertiary/aromatic N) is 2. The number of methoxy groups -OCH3 is 1. The second-order valence-corrected chi connectivity index (χ2v) is 5.29. The zero-order valence-corrected chi connectivity index (χ0v) is 12.4. The van der Waals surface area contributed by atoms with Gasteiger partial charge < -0.3 is 19.4 Å². The van der Waals surface area contributed by atoms with E-state index in [2.05, 4.69) is 9.97 Å². The molecule has 1 amide bonds. The first-order valence-corrected chi connectivity index (χ1v) is 7.28. The fraction of sp³-hybridized carbons (Fsp3) is 0.375. The van der Waals surface area contributed by atoms with Crippen molar-refractivity contribution in [1.82, 2.24) is 14.9 Å². The molecular weight excluding hydrogens is 282 g/mol. The molecular formula is C16H19N3O3. The van der Waals surface area contributed by atoms with Crippen LogP contribution in [0.25, 0.3) is 0 Å². The summed E-state index contributed by atoms with van der Waals surface area (Å²) < 4.78 is 11.2. The molecule has 0 unspecified atom stereocenters. The van der Waals surface area contributed by atoms with E-state index in [1.165, 1.54) is 0 Å². The lowest BCUT2D eigenvalue weighted by atomic mass is 10.2. The molecule has 2 aromatic heterocycles. The van der Waals surface area contributed by atoms with Crippen molar-refractivity contribution in [2.75, 3.05) is 20.3 Å². The number of ether oxygens (including phenoxy) is 2. The number of H-pyrrole nitrogens is 1. The van der Waals surface area contributed by atoms with Crippen LogP contribution in [0.1, 0.15) is 16.9 Å². The summed E-state index contributed by atoms with van der Waals surface area (Å²) in [5, 5.41) is 0. The summed E-state index contributed by atoms with van der Waals surface area (Å²) in [6.45, 7) is 1.01. The summed E-state index contributed by atoms with van der Waals surface area (Å²) in [6, 6.07) is 7.26. The summed E-state index contributed by atoms with van der Waals surface area (Å²) >= 11 is 0. The van der Waals surface area contributed by atoms with Crippen LogP contribution in [0.3, 0.4) is 0 Å². The maximum Gasteiger partial charge on any atom is 0.270 e. The predicted molar refractivity (Wildman–Crippen MR) is 80.8 cm³/mol. The van der Waals surface area contributed by atoms with Crippen LogP contribution in [0, 0.1) is 0 Å². The Balaban J connectivity index is 1.68. The average molecular weight is 301 g/mol. The monoisotopic (exact) mass is 301 g/mol. The molecule has 1 fully saturated rings. The van der Waals surface area contributed by atoms with Crippen LogP contribution in [0.2, 0.25) is 0 Å². The van der Waals surface area contributed by atoms with Gasteiger partial charge in [0.15, 0.2) is 0 Å². The number of pyridine rings is 1. The number of hydrogen-bond acceptors (Lipinski definition) is 4. The highest BCUT2D eigenvalue weighted by Gasteiger charge is 2.36.